The minimum Gasteiger partial charge on any atom is -0.452 e. The van der Waals surface area contributed by atoms with Crippen molar-refractivity contribution < 1.29 is 14.4 Å². The Bertz CT molecular complexity index is 635. The molecule has 6 nitrogen and oxygen atoms in total. The molecular weight excluding hydrogens is 282 g/mol. The number of anilines is 1. The Kier molecular flexibility index (Phi) is 4.27. The van der Waals surface area contributed by atoms with E-state index in [4.69, 9.17) is 27.0 Å². The standard InChI is InChI=1S/C13H12ClN3O3/c14-12-10(5-6-20-12)13(18)16-9-3-1-8(2-4-9)7-11(15)17-19/h1-6,19H,7H2,(H2,15,17)(H,16,18). The summed E-state index contributed by atoms with van der Waals surface area (Å²) < 4.78 is 4.85. The topological polar surface area (TPSA) is 101 Å². The van der Waals surface area contributed by atoms with Crippen molar-refractivity contribution in [3.05, 3.63) is 52.9 Å². The van der Waals surface area contributed by atoms with Gasteiger partial charge in [0.25, 0.3) is 5.91 Å². The van der Waals surface area contributed by atoms with Gasteiger partial charge in [-0.1, -0.05) is 17.3 Å². The third-order valence-electron chi connectivity index (χ3n) is 2.59. The van der Waals surface area contributed by atoms with Gasteiger partial charge in [-0.05, 0) is 35.4 Å². The van der Waals surface area contributed by atoms with Crippen LogP contribution in [0.25, 0.3) is 0 Å². The zero-order chi connectivity index (χ0) is 14.5. The molecule has 0 aliphatic carbocycles. The number of carbonyl (C=O) groups is 1. The van der Waals surface area contributed by atoms with Gasteiger partial charge in [-0.15, -0.1) is 0 Å². The summed E-state index contributed by atoms with van der Waals surface area (Å²) in [5, 5.41) is 14.1. The number of nitrogens with two attached hydrogens (primary N) is 1. The average molecular weight is 294 g/mol. The highest BCUT2D eigenvalue weighted by Gasteiger charge is 2.12. The molecule has 0 atom stereocenters. The summed E-state index contributed by atoms with van der Waals surface area (Å²) in [4.78, 5) is 11.9. The molecule has 4 N–H and O–H groups in total. The van der Waals surface area contributed by atoms with Gasteiger partial charge in [0.15, 0.2) is 0 Å². The number of oxime groups is 1. The fourth-order valence-electron chi connectivity index (χ4n) is 1.60. The molecule has 1 aromatic carbocycles. The van der Waals surface area contributed by atoms with Crippen LogP contribution < -0.4 is 11.1 Å². The normalized spacial score (nSPS) is 11.3. The number of furan rings is 1. The molecule has 0 saturated carbocycles. The predicted octanol–water partition coefficient (Wildman–Crippen LogP) is 2.47. The first-order valence-corrected chi connectivity index (χ1v) is 6.07. The molecule has 0 aliphatic rings. The Labute approximate surface area is 119 Å². The molecular formula is C13H12ClN3O3. The number of benzene rings is 1. The molecule has 0 spiro atoms. The molecule has 1 aromatic heterocycles. The highest BCUT2D eigenvalue weighted by atomic mass is 35.5. The Morgan fingerprint density at radius 1 is 1.35 bits per heavy atom. The first-order chi connectivity index (χ1) is 9.60. The number of carbonyl (C=O) groups excluding carboxylic acids is 1. The number of rotatable bonds is 4. The molecule has 7 heteroatoms. The molecule has 104 valence electrons. The van der Waals surface area contributed by atoms with Gasteiger partial charge in [-0.3, -0.25) is 4.79 Å². The van der Waals surface area contributed by atoms with Gasteiger partial charge in [0.05, 0.1) is 11.8 Å². The van der Waals surface area contributed by atoms with Crippen molar-refractivity contribution in [1.82, 2.24) is 0 Å². The number of nitrogens with zero attached hydrogens (tertiary/aromatic N) is 1. The van der Waals surface area contributed by atoms with Crippen LogP contribution in [0.2, 0.25) is 5.22 Å². The first kappa shape index (κ1) is 14.0. The lowest BCUT2D eigenvalue weighted by Crippen LogP contribution is -2.15. The van der Waals surface area contributed by atoms with E-state index >= 15 is 0 Å². The molecule has 2 aromatic rings. The van der Waals surface area contributed by atoms with Crippen LogP contribution in [0.3, 0.4) is 0 Å². The summed E-state index contributed by atoms with van der Waals surface area (Å²) in [6.07, 6.45) is 1.68. The van der Waals surface area contributed by atoms with Gasteiger partial charge in [0, 0.05) is 12.1 Å². The maximum Gasteiger partial charge on any atom is 0.260 e. The molecule has 0 radical (unpaired) electrons. The molecule has 0 aliphatic heterocycles. The maximum atomic E-state index is 11.9. The molecule has 0 saturated heterocycles. The Hall–Kier alpha value is -2.47. The molecule has 0 unspecified atom stereocenters. The van der Waals surface area contributed by atoms with E-state index in [9.17, 15) is 4.79 Å². The number of hydrogen-bond acceptors (Lipinski definition) is 4. The van der Waals surface area contributed by atoms with Crippen LogP contribution in [-0.4, -0.2) is 17.0 Å². The van der Waals surface area contributed by atoms with Crippen LogP contribution in [0.15, 0.2) is 46.2 Å². The fourth-order valence-corrected chi connectivity index (χ4v) is 1.80. The monoisotopic (exact) mass is 293 g/mol. The van der Waals surface area contributed by atoms with Crippen LogP contribution >= 0.6 is 11.6 Å². The van der Waals surface area contributed by atoms with Crippen molar-refractivity contribution >= 4 is 29.0 Å². The van der Waals surface area contributed by atoms with Crippen LogP contribution in [0.1, 0.15) is 15.9 Å². The molecule has 0 fully saturated rings. The van der Waals surface area contributed by atoms with E-state index in [0.29, 0.717) is 12.1 Å². The van der Waals surface area contributed by atoms with Gasteiger partial charge in [-0.2, -0.15) is 0 Å². The number of amides is 1. The Morgan fingerprint density at radius 3 is 2.60 bits per heavy atom. The van der Waals surface area contributed by atoms with Gasteiger partial charge in [0.1, 0.15) is 5.84 Å². The Balaban J connectivity index is 2.04. The quantitative estimate of drug-likeness (QED) is 0.349. The minimum absolute atomic E-state index is 0.0473. The van der Waals surface area contributed by atoms with E-state index in [0.717, 1.165) is 5.56 Å². The van der Waals surface area contributed by atoms with Crippen LogP contribution in [0, 0.1) is 0 Å². The summed E-state index contributed by atoms with van der Waals surface area (Å²) in [5.41, 5.74) is 7.15. The predicted molar refractivity (Wildman–Crippen MR) is 75.2 cm³/mol. The number of hydrogen-bond donors (Lipinski definition) is 3. The van der Waals surface area contributed by atoms with Crippen molar-refractivity contribution in [1.29, 1.82) is 0 Å². The third kappa shape index (κ3) is 3.30. The molecule has 1 heterocycles. The summed E-state index contributed by atoms with van der Waals surface area (Å²) in [6, 6.07) is 8.46. The van der Waals surface area contributed by atoms with E-state index in [2.05, 4.69) is 10.5 Å². The van der Waals surface area contributed by atoms with Gasteiger partial charge >= 0.3 is 0 Å². The smallest absolute Gasteiger partial charge is 0.260 e. The van der Waals surface area contributed by atoms with E-state index in [1.54, 1.807) is 24.3 Å². The highest BCUT2D eigenvalue weighted by molar-refractivity contribution is 6.32. The van der Waals surface area contributed by atoms with Crippen molar-refractivity contribution in [2.75, 3.05) is 5.32 Å². The molecule has 0 bridgehead atoms. The van der Waals surface area contributed by atoms with Crippen LogP contribution in [0.4, 0.5) is 5.69 Å². The first-order valence-electron chi connectivity index (χ1n) is 5.70. The number of halogens is 1. The molecule has 20 heavy (non-hydrogen) atoms. The molecule has 1 amide bonds. The van der Waals surface area contributed by atoms with Crippen molar-refractivity contribution in [2.24, 2.45) is 10.9 Å². The van der Waals surface area contributed by atoms with Crippen molar-refractivity contribution in [3.63, 3.8) is 0 Å². The van der Waals surface area contributed by atoms with Gasteiger partial charge < -0.3 is 20.7 Å². The van der Waals surface area contributed by atoms with E-state index in [-0.39, 0.29) is 22.5 Å². The van der Waals surface area contributed by atoms with Crippen molar-refractivity contribution in [3.8, 4) is 0 Å². The molecule has 2 rings (SSSR count). The highest BCUT2D eigenvalue weighted by Crippen LogP contribution is 2.18. The van der Waals surface area contributed by atoms with Crippen LogP contribution in [-0.2, 0) is 6.42 Å². The lowest BCUT2D eigenvalue weighted by Gasteiger charge is -2.05. The summed E-state index contributed by atoms with van der Waals surface area (Å²) in [7, 11) is 0. The SMILES string of the molecule is N/C(Cc1ccc(NC(=O)c2ccoc2Cl)cc1)=N/O. The lowest BCUT2D eigenvalue weighted by atomic mass is 10.1. The minimum atomic E-state index is -0.354. The van der Waals surface area contributed by atoms with E-state index < -0.39 is 0 Å². The van der Waals surface area contributed by atoms with E-state index in [1.165, 1.54) is 12.3 Å². The fraction of sp³-hybridized carbons (Fsp3) is 0.0769. The zero-order valence-corrected chi connectivity index (χ0v) is 11.1. The number of amidine groups is 1. The third-order valence-corrected chi connectivity index (χ3v) is 2.88. The summed E-state index contributed by atoms with van der Waals surface area (Å²) in [6.45, 7) is 0. The van der Waals surface area contributed by atoms with Crippen molar-refractivity contribution in [2.45, 2.75) is 6.42 Å². The zero-order valence-electron chi connectivity index (χ0n) is 10.3. The lowest BCUT2D eigenvalue weighted by molar-refractivity contribution is 0.102. The van der Waals surface area contributed by atoms with Crippen LogP contribution in [0.5, 0.6) is 0 Å². The second-order valence-electron chi connectivity index (χ2n) is 4.03. The average Bonchev–Trinajstić information content (AvgIpc) is 2.87. The Morgan fingerprint density at radius 2 is 2.05 bits per heavy atom. The second kappa shape index (κ2) is 6.12. The maximum absolute atomic E-state index is 11.9. The summed E-state index contributed by atoms with van der Waals surface area (Å²) >= 11 is 5.72. The second-order valence-corrected chi connectivity index (χ2v) is 4.37. The largest absolute Gasteiger partial charge is 0.452 e. The van der Waals surface area contributed by atoms with E-state index in [1.807, 2.05) is 0 Å². The van der Waals surface area contributed by atoms with Gasteiger partial charge in [0.2, 0.25) is 5.22 Å². The number of nitrogens with one attached hydrogen (secondary N) is 1. The summed E-state index contributed by atoms with van der Waals surface area (Å²) in [5.74, 6) is -0.236. The van der Waals surface area contributed by atoms with Gasteiger partial charge in [-0.25, -0.2) is 0 Å².